The van der Waals surface area contributed by atoms with Crippen LogP contribution in [0.2, 0.25) is 0 Å². The summed E-state index contributed by atoms with van der Waals surface area (Å²) in [5.41, 5.74) is 0. The number of hydrogen-bond acceptors (Lipinski definition) is 1. The van der Waals surface area contributed by atoms with Crippen LogP contribution in [0, 0.1) is 17.9 Å². The van der Waals surface area contributed by atoms with Crippen molar-refractivity contribution < 1.29 is 9.84 Å². The van der Waals surface area contributed by atoms with Crippen molar-refractivity contribution in [3.05, 3.63) is 30.3 Å². The van der Waals surface area contributed by atoms with Gasteiger partial charge in [0.05, 0.1) is 6.10 Å². The van der Waals surface area contributed by atoms with Crippen LogP contribution in [0.5, 0.6) is 5.75 Å². The summed E-state index contributed by atoms with van der Waals surface area (Å²) < 4.78 is 5.93. The number of rotatable bonds is 2. The smallest absolute Gasteiger partial charge is 0.120 e. The molecular weight excluding hydrogens is 200 g/mol. The van der Waals surface area contributed by atoms with Crippen LogP contribution in [0.15, 0.2) is 24.3 Å². The Kier molecular flexibility index (Phi) is 2.60. The van der Waals surface area contributed by atoms with E-state index in [4.69, 9.17) is 4.74 Å². The second-order valence-electron chi connectivity index (χ2n) is 5.01. The molecule has 4 atom stereocenters. The average molecular weight is 216 g/mol. The lowest BCUT2D eigenvalue weighted by atomic mass is 9.67. The van der Waals surface area contributed by atoms with Crippen molar-refractivity contribution in [2.75, 3.05) is 0 Å². The zero-order valence-corrected chi connectivity index (χ0v) is 9.26. The molecule has 4 rings (SSSR count). The number of benzene rings is 1. The minimum absolute atomic E-state index is 0.144. The van der Waals surface area contributed by atoms with Gasteiger partial charge < -0.3 is 4.74 Å². The van der Waals surface area contributed by atoms with E-state index in [2.05, 4.69) is 6.07 Å². The van der Waals surface area contributed by atoms with Crippen molar-refractivity contribution in [2.45, 2.75) is 37.9 Å². The highest BCUT2D eigenvalue weighted by atomic mass is 16.5. The first-order chi connectivity index (χ1) is 7.83. The van der Waals surface area contributed by atoms with E-state index in [1.165, 1.54) is 6.42 Å². The Labute approximate surface area is 96.2 Å². The zero-order chi connectivity index (χ0) is 11.0. The third kappa shape index (κ3) is 1.82. The highest BCUT2D eigenvalue weighted by Crippen LogP contribution is 2.43. The fourth-order valence-electron chi connectivity index (χ4n) is 3.14. The van der Waals surface area contributed by atoms with Crippen molar-refractivity contribution in [3.63, 3.8) is 0 Å². The Morgan fingerprint density at radius 3 is 2.94 bits per heavy atom. The summed E-state index contributed by atoms with van der Waals surface area (Å²) in [7, 11) is 0. The molecule has 0 aliphatic heterocycles. The van der Waals surface area contributed by atoms with Gasteiger partial charge >= 0.3 is 0 Å². The summed E-state index contributed by atoms with van der Waals surface area (Å²) in [6.45, 7) is 0. The molecule has 84 valence electrons. The minimum Gasteiger partial charge on any atom is -0.490 e. The second kappa shape index (κ2) is 4.10. The monoisotopic (exact) mass is 216 g/mol. The van der Waals surface area contributed by atoms with Crippen molar-refractivity contribution in [3.8, 4) is 5.75 Å². The van der Waals surface area contributed by atoms with E-state index in [0.717, 1.165) is 25.0 Å². The molecule has 2 nitrogen and oxygen atoms in total. The maximum absolute atomic E-state index is 11.9. The lowest BCUT2D eigenvalue weighted by Gasteiger charge is -2.44. The molecule has 0 N–H and O–H groups in total. The van der Waals surface area contributed by atoms with Crippen LogP contribution >= 0.6 is 0 Å². The minimum atomic E-state index is -0.398. The molecule has 2 radical (unpaired) electrons. The Morgan fingerprint density at radius 1 is 1.31 bits per heavy atom. The summed E-state index contributed by atoms with van der Waals surface area (Å²) in [5.74, 6) is 1.68. The Balaban J connectivity index is 1.72. The van der Waals surface area contributed by atoms with Crippen molar-refractivity contribution in [1.82, 2.24) is 0 Å². The number of fused-ring (bicyclic) bond motifs is 3. The molecule has 1 aromatic carbocycles. The molecule has 3 fully saturated rings. The molecule has 2 heteroatoms. The molecule has 3 saturated carbocycles. The lowest BCUT2D eigenvalue weighted by Crippen LogP contribution is -2.46. The van der Waals surface area contributed by atoms with Crippen LogP contribution in [0.3, 0.4) is 0 Å². The summed E-state index contributed by atoms with van der Waals surface area (Å²) in [6, 6.07) is 10.6. The van der Waals surface area contributed by atoms with Gasteiger partial charge in [-0.15, -0.1) is 0 Å². The van der Waals surface area contributed by atoms with Gasteiger partial charge in [-0.2, -0.15) is 0 Å². The molecule has 0 aromatic heterocycles. The summed E-state index contributed by atoms with van der Waals surface area (Å²) in [6.07, 6.45) is 3.96. The van der Waals surface area contributed by atoms with Crippen LogP contribution < -0.4 is 4.74 Å². The fraction of sp³-hybridized carbons (Fsp3) is 0.571. The number of hydrogen-bond donors (Lipinski definition) is 0. The van der Waals surface area contributed by atoms with Crippen LogP contribution in [-0.4, -0.2) is 12.2 Å². The maximum atomic E-state index is 11.9. The zero-order valence-electron chi connectivity index (χ0n) is 9.26. The van der Waals surface area contributed by atoms with Gasteiger partial charge in [-0.1, -0.05) is 12.1 Å². The molecule has 0 spiro atoms. The van der Waals surface area contributed by atoms with Gasteiger partial charge in [0.1, 0.15) is 11.9 Å². The molecule has 2 bridgehead atoms. The van der Waals surface area contributed by atoms with E-state index in [1.54, 1.807) is 0 Å². The maximum Gasteiger partial charge on any atom is 0.120 e. The van der Waals surface area contributed by atoms with Crippen molar-refractivity contribution in [1.29, 1.82) is 0 Å². The first kappa shape index (κ1) is 10.2. The van der Waals surface area contributed by atoms with Crippen molar-refractivity contribution >= 4 is 0 Å². The predicted molar refractivity (Wildman–Crippen MR) is 59.6 cm³/mol. The largest absolute Gasteiger partial charge is 0.490 e. The fourth-order valence-corrected chi connectivity index (χ4v) is 3.14. The summed E-state index contributed by atoms with van der Waals surface area (Å²) in [5, 5.41) is 11.9. The van der Waals surface area contributed by atoms with E-state index in [1.807, 2.05) is 24.3 Å². The molecule has 0 amide bonds. The highest BCUT2D eigenvalue weighted by Gasteiger charge is 2.43. The normalized spacial score (nSPS) is 37.3. The SMILES string of the molecule is [O]C1CC2CCC1C(Oc1c[c]ccc1)C2. The first-order valence-electron chi connectivity index (χ1n) is 6.11. The molecule has 0 heterocycles. The molecule has 0 saturated heterocycles. The summed E-state index contributed by atoms with van der Waals surface area (Å²) >= 11 is 0. The van der Waals surface area contributed by atoms with E-state index in [9.17, 15) is 5.11 Å². The van der Waals surface area contributed by atoms with Gasteiger partial charge in [-0.25, -0.2) is 5.11 Å². The Bertz CT molecular complexity index is 349. The third-order valence-corrected chi connectivity index (χ3v) is 3.96. The van der Waals surface area contributed by atoms with Crippen LogP contribution in [-0.2, 0) is 5.11 Å². The average Bonchev–Trinajstić information content (AvgIpc) is 2.30. The molecule has 1 aromatic rings. The van der Waals surface area contributed by atoms with E-state index < -0.39 is 6.10 Å². The van der Waals surface area contributed by atoms with E-state index in [0.29, 0.717) is 5.92 Å². The highest BCUT2D eigenvalue weighted by molar-refractivity contribution is 5.20. The first-order valence-corrected chi connectivity index (χ1v) is 6.11. The third-order valence-electron chi connectivity index (χ3n) is 3.96. The van der Waals surface area contributed by atoms with Crippen molar-refractivity contribution in [2.24, 2.45) is 11.8 Å². The van der Waals surface area contributed by atoms with Gasteiger partial charge in [0, 0.05) is 5.92 Å². The lowest BCUT2D eigenvalue weighted by molar-refractivity contribution is -0.0985. The quantitative estimate of drug-likeness (QED) is 0.747. The Hall–Kier alpha value is -1.02. The van der Waals surface area contributed by atoms with Gasteiger partial charge in [0.2, 0.25) is 0 Å². The van der Waals surface area contributed by atoms with E-state index in [-0.39, 0.29) is 12.0 Å². The van der Waals surface area contributed by atoms with Gasteiger partial charge in [-0.05, 0) is 49.8 Å². The van der Waals surface area contributed by atoms with Crippen LogP contribution in [0.1, 0.15) is 25.7 Å². The number of ether oxygens (including phenoxy) is 1. The van der Waals surface area contributed by atoms with Gasteiger partial charge in [-0.3, -0.25) is 0 Å². The second-order valence-corrected chi connectivity index (χ2v) is 5.01. The predicted octanol–water partition coefficient (Wildman–Crippen LogP) is 2.85. The van der Waals surface area contributed by atoms with Gasteiger partial charge in [0.15, 0.2) is 0 Å². The molecule has 3 aliphatic carbocycles. The standard InChI is InChI=1S/C14H16O2/c15-13-8-10-6-7-12(13)14(9-10)16-11-4-2-1-3-5-11/h1-2,4-5,10,12-14H,6-9H2. The van der Waals surface area contributed by atoms with Crippen LogP contribution in [0.4, 0.5) is 0 Å². The van der Waals surface area contributed by atoms with E-state index >= 15 is 0 Å². The topological polar surface area (TPSA) is 29.1 Å². The Morgan fingerprint density at radius 2 is 2.25 bits per heavy atom. The molecular formula is C14H16O2. The molecule has 16 heavy (non-hydrogen) atoms. The van der Waals surface area contributed by atoms with Gasteiger partial charge in [0.25, 0.3) is 0 Å². The molecule has 4 unspecified atom stereocenters. The summed E-state index contributed by atoms with van der Waals surface area (Å²) in [4.78, 5) is 0. The van der Waals surface area contributed by atoms with Crippen LogP contribution in [0.25, 0.3) is 0 Å². The molecule has 3 aliphatic rings.